The van der Waals surface area contributed by atoms with E-state index in [2.05, 4.69) is 73.0 Å². The lowest BCUT2D eigenvalue weighted by molar-refractivity contribution is -0.404. The first-order chi connectivity index (χ1) is 17.9. The van der Waals surface area contributed by atoms with Crippen molar-refractivity contribution in [1.82, 2.24) is 0 Å². The van der Waals surface area contributed by atoms with Gasteiger partial charge in [0, 0.05) is 25.1 Å². The molecule has 0 fully saturated rings. The first kappa shape index (κ1) is 23.3. The molecule has 6 nitrogen and oxygen atoms in total. The van der Waals surface area contributed by atoms with E-state index in [0.717, 1.165) is 17.2 Å². The van der Waals surface area contributed by atoms with Gasteiger partial charge in [-0.25, -0.2) is 9.37 Å². The highest BCUT2D eigenvalue weighted by molar-refractivity contribution is 6.03. The lowest BCUT2D eigenvalue weighted by Gasteiger charge is -2.27. The molecular formula is C31H31N2O4+. The standard InChI is InChI=1S/C31H31N2O4/c1-5-35-30(34)26-17-15-21(36-26)19-31(2)27(18-28-33(4)23-12-8-9-13-25(23)37-28)32(3)24-16-14-20-10-6-7-11-22(20)29(24)31/h6-17,28H,5,18-19H2,1-4H3/q+1. The number of furan rings is 1. The average molecular weight is 496 g/mol. The van der Waals surface area contributed by atoms with Crippen LogP contribution in [0.2, 0.25) is 0 Å². The Bertz CT molecular complexity index is 1550. The number of rotatable bonds is 6. The molecule has 0 radical (unpaired) electrons. The summed E-state index contributed by atoms with van der Waals surface area (Å²) in [5.74, 6) is 1.46. The van der Waals surface area contributed by atoms with E-state index in [-0.39, 0.29) is 17.4 Å². The summed E-state index contributed by atoms with van der Waals surface area (Å²) in [5, 5.41) is 2.43. The van der Waals surface area contributed by atoms with Gasteiger partial charge in [0.15, 0.2) is 11.9 Å². The number of carbonyl (C=O) groups is 1. The molecule has 0 saturated heterocycles. The number of fused-ring (bicyclic) bond motifs is 4. The number of hydrogen-bond acceptors (Lipinski definition) is 5. The summed E-state index contributed by atoms with van der Waals surface area (Å²) in [6.45, 7) is 4.39. The van der Waals surface area contributed by atoms with Crippen LogP contribution in [-0.4, -0.2) is 43.2 Å². The van der Waals surface area contributed by atoms with E-state index in [1.54, 1.807) is 13.0 Å². The summed E-state index contributed by atoms with van der Waals surface area (Å²) in [5.41, 5.74) is 4.43. The summed E-state index contributed by atoms with van der Waals surface area (Å²) in [6, 6.07) is 24.7. The third-order valence-corrected chi connectivity index (χ3v) is 7.84. The van der Waals surface area contributed by atoms with Crippen LogP contribution in [0, 0.1) is 0 Å². The number of hydrogen-bond donors (Lipinski definition) is 0. The molecule has 188 valence electrons. The zero-order chi connectivity index (χ0) is 25.7. The van der Waals surface area contributed by atoms with E-state index in [1.807, 2.05) is 24.3 Å². The molecule has 0 N–H and O–H groups in total. The molecule has 0 aliphatic carbocycles. The number of carbonyl (C=O) groups excluding carboxylic acids is 1. The Balaban J connectivity index is 1.43. The van der Waals surface area contributed by atoms with E-state index in [9.17, 15) is 4.79 Å². The van der Waals surface area contributed by atoms with Gasteiger partial charge in [-0.3, -0.25) is 0 Å². The van der Waals surface area contributed by atoms with Crippen LogP contribution in [0.3, 0.4) is 0 Å². The largest absolute Gasteiger partial charge is 0.468 e. The zero-order valence-corrected chi connectivity index (χ0v) is 21.7. The van der Waals surface area contributed by atoms with E-state index in [4.69, 9.17) is 13.9 Å². The summed E-state index contributed by atoms with van der Waals surface area (Å²) >= 11 is 0. The number of benzene rings is 3. The Labute approximate surface area is 216 Å². The van der Waals surface area contributed by atoms with Crippen molar-refractivity contribution in [2.45, 2.75) is 38.3 Å². The van der Waals surface area contributed by atoms with Crippen molar-refractivity contribution in [2.24, 2.45) is 0 Å². The molecule has 0 amide bonds. The molecule has 1 aromatic heterocycles. The highest BCUT2D eigenvalue weighted by atomic mass is 16.5. The number of para-hydroxylation sites is 2. The van der Waals surface area contributed by atoms with Gasteiger partial charge >= 0.3 is 5.97 Å². The Morgan fingerprint density at radius 2 is 1.84 bits per heavy atom. The van der Waals surface area contributed by atoms with E-state index in [0.29, 0.717) is 19.4 Å². The molecule has 0 spiro atoms. The van der Waals surface area contributed by atoms with Crippen molar-refractivity contribution in [1.29, 1.82) is 0 Å². The lowest BCUT2D eigenvalue weighted by atomic mass is 9.73. The highest BCUT2D eigenvalue weighted by Gasteiger charge is 2.51. The predicted molar refractivity (Wildman–Crippen MR) is 144 cm³/mol. The Kier molecular flexibility index (Phi) is 5.55. The fourth-order valence-electron chi connectivity index (χ4n) is 6.04. The van der Waals surface area contributed by atoms with E-state index in [1.165, 1.54) is 27.7 Å². The number of nitrogens with zero attached hydrogens (tertiary/aromatic N) is 2. The summed E-state index contributed by atoms with van der Waals surface area (Å²) in [4.78, 5) is 14.5. The average Bonchev–Trinajstić information content (AvgIpc) is 3.55. The van der Waals surface area contributed by atoms with Gasteiger partial charge in [0.1, 0.15) is 18.6 Å². The number of ether oxygens (including phenoxy) is 2. The van der Waals surface area contributed by atoms with Crippen molar-refractivity contribution in [3.8, 4) is 5.75 Å². The lowest BCUT2D eigenvalue weighted by Crippen LogP contribution is -2.41. The van der Waals surface area contributed by atoms with Gasteiger partial charge in [-0.05, 0) is 55.0 Å². The quantitative estimate of drug-likeness (QED) is 0.240. The summed E-state index contributed by atoms with van der Waals surface area (Å²) in [7, 11) is 4.23. The Morgan fingerprint density at radius 3 is 2.65 bits per heavy atom. The fourth-order valence-corrected chi connectivity index (χ4v) is 6.04. The number of esters is 1. The third kappa shape index (κ3) is 3.70. The SMILES string of the molecule is CCOC(=O)c1ccc(CC2(C)C(CC3Oc4ccccc4N3C)=[N+](C)c3ccc4ccccc4c32)o1. The van der Waals surface area contributed by atoms with Crippen molar-refractivity contribution in [2.75, 3.05) is 25.6 Å². The zero-order valence-electron chi connectivity index (χ0n) is 21.7. The van der Waals surface area contributed by atoms with Crippen LogP contribution < -0.4 is 9.64 Å². The van der Waals surface area contributed by atoms with Crippen molar-refractivity contribution >= 4 is 33.8 Å². The maximum Gasteiger partial charge on any atom is 0.374 e. The maximum atomic E-state index is 12.3. The van der Waals surface area contributed by atoms with Crippen LogP contribution >= 0.6 is 0 Å². The first-order valence-corrected chi connectivity index (χ1v) is 12.8. The van der Waals surface area contributed by atoms with Gasteiger partial charge in [0.25, 0.3) is 0 Å². The second-order valence-corrected chi connectivity index (χ2v) is 10.0. The van der Waals surface area contributed by atoms with Crippen LogP contribution in [0.25, 0.3) is 10.8 Å². The van der Waals surface area contributed by atoms with E-state index < -0.39 is 5.97 Å². The van der Waals surface area contributed by atoms with Gasteiger partial charge < -0.3 is 18.8 Å². The molecular weight excluding hydrogens is 464 g/mol. The van der Waals surface area contributed by atoms with Crippen LogP contribution in [0.1, 0.15) is 42.1 Å². The molecule has 2 aliphatic rings. The molecule has 4 aromatic rings. The molecule has 0 saturated carbocycles. The van der Waals surface area contributed by atoms with Crippen molar-refractivity contribution < 1.29 is 23.3 Å². The smallest absolute Gasteiger partial charge is 0.374 e. The second-order valence-electron chi connectivity index (χ2n) is 10.0. The molecule has 2 unspecified atom stereocenters. The van der Waals surface area contributed by atoms with Gasteiger partial charge in [-0.15, -0.1) is 0 Å². The van der Waals surface area contributed by atoms with Gasteiger partial charge in [0.2, 0.25) is 11.4 Å². The van der Waals surface area contributed by atoms with Gasteiger partial charge in [-0.1, -0.05) is 36.4 Å². The normalized spacial score (nSPS) is 20.2. The highest BCUT2D eigenvalue weighted by Crippen LogP contribution is 2.47. The van der Waals surface area contributed by atoms with E-state index >= 15 is 0 Å². The summed E-state index contributed by atoms with van der Waals surface area (Å²) in [6.07, 6.45) is 1.20. The molecule has 37 heavy (non-hydrogen) atoms. The minimum atomic E-state index is -0.434. The third-order valence-electron chi connectivity index (χ3n) is 7.84. The molecule has 2 atom stereocenters. The van der Waals surface area contributed by atoms with Crippen molar-refractivity contribution in [3.63, 3.8) is 0 Å². The molecule has 3 heterocycles. The second kappa shape index (κ2) is 8.80. The monoisotopic (exact) mass is 495 g/mol. The van der Waals surface area contributed by atoms with Crippen LogP contribution in [-0.2, 0) is 16.6 Å². The maximum absolute atomic E-state index is 12.3. The minimum Gasteiger partial charge on any atom is -0.468 e. The minimum absolute atomic E-state index is 0.124. The van der Waals surface area contributed by atoms with Gasteiger partial charge in [-0.2, -0.15) is 0 Å². The molecule has 6 heteroatoms. The number of anilines is 1. The molecule has 3 aromatic carbocycles. The Hall–Kier alpha value is -4.06. The van der Waals surface area contributed by atoms with Crippen LogP contribution in [0.4, 0.5) is 11.4 Å². The predicted octanol–water partition coefficient (Wildman–Crippen LogP) is 6.08. The Morgan fingerprint density at radius 1 is 1.05 bits per heavy atom. The molecule has 2 aliphatic heterocycles. The summed E-state index contributed by atoms with van der Waals surface area (Å²) < 4.78 is 19.9. The van der Waals surface area contributed by atoms with Crippen LogP contribution in [0.5, 0.6) is 5.75 Å². The topological polar surface area (TPSA) is 54.9 Å². The van der Waals surface area contributed by atoms with Crippen molar-refractivity contribution in [3.05, 3.63) is 89.9 Å². The fraction of sp³-hybridized carbons (Fsp3) is 0.290. The van der Waals surface area contributed by atoms with Gasteiger partial charge in [0.05, 0.1) is 24.1 Å². The van der Waals surface area contributed by atoms with Crippen LogP contribution in [0.15, 0.2) is 77.2 Å². The first-order valence-electron chi connectivity index (χ1n) is 12.8. The molecule has 6 rings (SSSR count). The molecule has 0 bridgehead atoms.